The molecule has 2 aliphatic rings. The average molecular weight is 312 g/mol. The van der Waals surface area contributed by atoms with E-state index in [1.165, 1.54) is 6.42 Å². The Labute approximate surface area is 132 Å². The van der Waals surface area contributed by atoms with Crippen LogP contribution < -0.4 is 5.32 Å². The van der Waals surface area contributed by atoms with E-state index < -0.39 is 11.4 Å². The normalized spacial score (nSPS) is 26.7. The van der Waals surface area contributed by atoms with Gasteiger partial charge in [-0.15, -0.1) is 0 Å². The summed E-state index contributed by atoms with van der Waals surface area (Å²) in [6.07, 6.45) is 7.44. The minimum atomic E-state index is -0.863. The Hall–Kier alpha value is -1.30. The number of amides is 2. The molecule has 1 heterocycles. The first-order chi connectivity index (χ1) is 10.6. The Morgan fingerprint density at radius 2 is 2.00 bits per heavy atom. The second kappa shape index (κ2) is 7.81. The number of nitrogens with one attached hydrogen (secondary N) is 1. The number of hydrogen-bond donors (Lipinski definition) is 2. The Morgan fingerprint density at radius 1 is 1.27 bits per heavy atom. The van der Waals surface area contributed by atoms with Gasteiger partial charge in [0.2, 0.25) is 0 Å². The predicted molar refractivity (Wildman–Crippen MR) is 82.8 cm³/mol. The Balaban J connectivity index is 1.95. The highest BCUT2D eigenvalue weighted by molar-refractivity contribution is 5.79. The number of carboxylic acid groups (broad SMARTS) is 1. The van der Waals surface area contributed by atoms with E-state index in [2.05, 4.69) is 5.32 Å². The van der Waals surface area contributed by atoms with Gasteiger partial charge in [0.25, 0.3) is 0 Å². The van der Waals surface area contributed by atoms with Gasteiger partial charge >= 0.3 is 12.0 Å². The third kappa shape index (κ3) is 4.12. The third-order valence-electron chi connectivity index (χ3n) is 5.04. The summed E-state index contributed by atoms with van der Waals surface area (Å²) in [4.78, 5) is 25.8. The number of carbonyl (C=O) groups is 2. The zero-order chi connectivity index (χ0) is 16.0. The maximum atomic E-state index is 12.4. The Morgan fingerprint density at radius 3 is 2.64 bits per heavy atom. The number of urea groups is 1. The van der Waals surface area contributed by atoms with E-state index >= 15 is 0 Å². The highest BCUT2D eigenvalue weighted by Crippen LogP contribution is 2.34. The molecular weight excluding hydrogens is 284 g/mol. The Kier molecular flexibility index (Phi) is 6.06. The number of hydrogen-bond acceptors (Lipinski definition) is 3. The number of aliphatic carboxylic acids is 1. The molecule has 2 rings (SSSR count). The molecule has 0 spiro atoms. The molecule has 1 atom stereocenters. The van der Waals surface area contributed by atoms with Crippen LogP contribution in [-0.2, 0) is 9.53 Å². The Bertz CT molecular complexity index is 396. The molecule has 22 heavy (non-hydrogen) atoms. The van der Waals surface area contributed by atoms with Crippen molar-refractivity contribution in [3.05, 3.63) is 0 Å². The van der Waals surface area contributed by atoms with E-state index in [9.17, 15) is 14.7 Å². The molecule has 2 amide bonds. The van der Waals surface area contributed by atoms with Crippen LogP contribution in [0.25, 0.3) is 0 Å². The summed E-state index contributed by atoms with van der Waals surface area (Å²) >= 11 is 0. The zero-order valence-electron chi connectivity index (χ0n) is 13.5. The summed E-state index contributed by atoms with van der Waals surface area (Å²) in [6, 6.07) is 0.149. The SMILES string of the molecule is COCC[C@@]1(C(=O)O)CCCN(C(=O)NC2CCCCC2)C1. The second-order valence-corrected chi connectivity index (χ2v) is 6.64. The van der Waals surface area contributed by atoms with E-state index in [4.69, 9.17) is 4.74 Å². The van der Waals surface area contributed by atoms with Gasteiger partial charge in [-0.3, -0.25) is 4.79 Å². The van der Waals surface area contributed by atoms with Gasteiger partial charge in [0.05, 0.1) is 5.41 Å². The summed E-state index contributed by atoms with van der Waals surface area (Å²) in [7, 11) is 1.58. The van der Waals surface area contributed by atoms with Gasteiger partial charge in [-0.1, -0.05) is 19.3 Å². The molecule has 2 fully saturated rings. The molecule has 1 saturated carbocycles. The van der Waals surface area contributed by atoms with Crippen LogP contribution in [-0.4, -0.2) is 54.9 Å². The summed E-state index contributed by atoms with van der Waals surface area (Å²) in [5.41, 5.74) is -0.863. The van der Waals surface area contributed by atoms with Crippen LogP contribution in [0, 0.1) is 5.41 Å². The van der Waals surface area contributed by atoms with E-state index in [-0.39, 0.29) is 18.6 Å². The van der Waals surface area contributed by atoms with Crippen LogP contribution in [0.5, 0.6) is 0 Å². The maximum absolute atomic E-state index is 12.4. The number of likely N-dealkylation sites (tertiary alicyclic amines) is 1. The fraction of sp³-hybridized carbons (Fsp3) is 0.875. The van der Waals surface area contributed by atoms with Crippen molar-refractivity contribution < 1.29 is 19.4 Å². The summed E-state index contributed by atoms with van der Waals surface area (Å²) in [6.45, 7) is 1.33. The van der Waals surface area contributed by atoms with Crippen LogP contribution in [0.15, 0.2) is 0 Å². The predicted octanol–water partition coefficient (Wildman–Crippen LogP) is 2.23. The number of ether oxygens (including phenoxy) is 1. The van der Waals surface area contributed by atoms with Gasteiger partial charge in [-0.05, 0) is 32.1 Å². The van der Waals surface area contributed by atoms with Gasteiger partial charge < -0.3 is 20.1 Å². The maximum Gasteiger partial charge on any atom is 0.317 e. The molecule has 2 N–H and O–H groups in total. The van der Waals surface area contributed by atoms with Crippen molar-refractivity contribution in [1.29, 1.82) is 0 Å². The van der Waals surface area contributed by atoms with Crippen molar-refractivity contribution in [2.24, 2.45) is 5.41 Å². The number of methoxy groups -OCH3 is 1. The lowest BCUT2D eigenvalue weighted by Crippen LogP contribution is -2.54. The molecule has 0 aromatic rings. The molecule has 1 saturated heterocycles. The molecule has 1 aliphatic carbocycles. The van der Waals surface area contributed by atoms with Crippen molar-refractivity contribution in [3.8, 4) is 0 Å². The molecule has 0 aromatic carbocycles. The minimum absolute atomic E-state index is 0.102. The van der Waals surface area contributed by atoms with Crippen molar-refractivity contribution in [1.82, 2.24) is 10.2 Å². The second-order valence-electron chi connectivity index (χ2n) is 6.64. The first-order valence-corrected chi connectivity index (χ1v) is 8.35. The van der Waals surface area contributed by atoms with Crippen molar-refractivity contribution in [2.45, 2.75) is 57.4 Å². The quantitative estimate of drug-likeness (QED) is 0.816. The van der Waals surface area contributed by atoms with Gasteiger partial charge in [0, 0.05) is 32.8 Å². The van der Waals surface area contributed by atoms with Crippen LogP contribution in [0.3, 0.4) is 0 Å². The molecule has 0 bridgehead atoms. The highest BCUT2D eigenvalue weighted by atomic mass is 16.5. The van der Waals surface area contributed by atoms with Crippen LogP contribution in [0.1, 0.15) is 51.4 Å². The van der Waals surface area contributed by atoms with Gasteiger partial charge in [0.1, 0.15) is 0 Å². The lowest BCUT2D eigenvalue weighted by Gasteiger charge is -2.40. The fourth-order valence-corrected chi connectivity index (χ4v) is 3.60. The zero-order valence-corrected chi connectivity index (χ0v) is 13.5. The smallest absolute Gasteiger partial charge is 0.317 e. The first-order valence-electron chi connectivity index (χ1n) is 8.35. The number of piperidine rings is 1. The van der Waals surface area contributed by atoms with Crippen LogP contribution >= 0.6 is 0 Å². The number of carbonyl (C=O) groups excluding carboxylic acids is 1. The molecule has 0 radical (unpaired) electrons. The van der Waals surface area contributed by atoms with Crippen LogP contribution in [0.4, 0.5) is 4.79 Å². The topological polar surface area (TPSA) is 78.9 Å². The largest absolute Gasteiger partial charge is 0.481 e. The molecule has 6 nitrogen and oxygen atoms in total. The van der Waals surface area contributed by atoms with Gasteiger partial charge in [-0.2, -0.15) is 0 Å². The lowest BCUT2D eigenvalue weighted by atomic mass is 9.77. The van der Waals surface area contributed by atoms with Crippen molar-refractivity contribution in [3.63, 3.8) is 0 Å². The number of nitrogens with zero attached hydrogens (tertiary/aromatic N) is 1. The van der Waals surface area contributed by atoms with Gasteiger partial charge in [-0.25, -0.2) is 4.79 Å². The monoisotopic (exact) mass is 312 g/mol. The summed E-state index contributed by atoms with van der Waals surface area (Å²) in [5, 5.41) is 12.7. The summed E-state index contributed by atoms with van der Waals surface area (Å²) < 4.78 is 5.05. The molecule has 126 valence electrons. The average Bonchev–Trinajstić information content (AvgIpc) is 2.54. The van der Waals surface area contributed by atoms with E-state index in [0.29, 0.717) is 26.0 Å². The summed E-state index contributed by atoms with van der Waals surface area (Å²) in [5.74, 6) is -0.820. The van der Waals surface area contributed by atoms with E-state index in [1.807, 2.05) is 0 Å². The number of rotatable bonds is 5. The molecule has 0 unspecified atom stereocenters. The molecule has 0 aromatic heterocycles. The van der Waals surface area contributed by atoms with E-state index in [0.717, 1.165) is 32.1 Å². The minimum Gasteiger partial charge on any atom is -0.481 e. The number of carboxylic acids is 1. The molecule has 6 heteroatoms. The first kappa shape index (κ1) is 17.1. The van der Waals surface area contributed by atoms with Crippen molar-refractivity contribution >= 4 is 12.0 Å². The molecular formula is C16H28N2O4. The fourth-order valence-electron chi connectivity index (χ4n) is 3.60. The lowest BCUT2D eigenvalue weighted by molar-refractivity contribution is -0.153. The van der Waals surface area contributed by atoms with Crippen molar-refractivity contribution in [2.75, 3.05) is 26.8 Å². The van der Waals surface area contributed by atoms with Crippen LogP contribution in [0.2, 0.25) is 0 Å². The van der Waals surface area contributed by atoms with E-state index in [1.54, 1.807) is 12.0 Å². The van der Waals surface area contributed by atoms with Gasteiger partial charge in [0.15, 0.2) is 0 Å². The third-order valence-corrected chi connectivity index (χ3v) is 5.04. The molecule has 1 aliphatic heterocycles. The highest BCUT2D eigenvalue weighted by Gasteiger charge is 2.43. The standard InChI is InChI=1S/C16H28N2O4/c1-22-11-9-16(14(19)20)8-5-10-18(12-16)15(21)17-13-6-3-2-4-7-13/h13H,2-12H2,1H3,(H,17,21)(H,19,20)/t16-/m0/s1.